The van der Waals surface area contributed by atoms with E-state index in [4.69, 9.17) is 16.3 Å². The SMILES string of the molecule is CCc1ccsc1C(=O)c1ccc(OC)cc1Cl. The Labute approximate surface area is 115 Å². The van der Waals surface area contributed by atoms with E-state index < -0.39 is 0 Å². The molecule has 0 radical (unpaired) electrons. The molecule has 0 fully saturated rings. The molecule has 4 heteroatoms. The summed E-state index contributed by atoms with van der Waals surface area (Å²) in [6.45, 7) is 2.04. The van der Waals surface area contributed by atoms with Gasteiger partial charge >= 0.3 is 0 Å². The third kappa shape index (κ3) is 2.42. The smallest absolute Gasteiger partial charge is 0.204 e. The highest BCUT2D eigenvalue weighted by molar-refractivity contribution is 7.12. The maximum Gasteiger partial charge on any atom is 0.204 e. The Morgan fingerprint density at radius 2 is 2.17 bits per heavy atom. The Bertz CT molecular complexity index is 575. The first-order chi connectivity index (χ1) is 8.67. The van der Waals surface area contributed by atoms with Crippen LogP contribution in [-0.4, -0.2) is 12.9 Å². The molecule has 0 atom stereocenters. The van der Waals surface area contributed by atoms with E-state index in [9.17, 15) is 4.79 Å². The average molecular weight is 281 g/mol. The van der Waals surface area contributed by atoms with Gasteiger partial charge in [-0.1, -0.05) is 18.5 Å². The highest BCUT2D eigenvalue weighted by Crippen LogP contribution is 2.27. The first-order valence-electron chi connectivity index (χ1n) is 5.62. The van der Waals surface area contributed by atoms with Gasteiger partial charge in [-0.05, 0) is 41.6 Å². The van der Waals surface area contributed by atoms with Crippen molar-refractivity contribution in [2.24, 2.45) is 0 Å². The molecule has 0 saturated carbocycles. The fourth-order valence-corrected chi connectivity index (χ4v) is 2.95. The lowest BCUT2D eigenvalue weighted by Gasteiger charge is -2.06. The van der Waals surface area contributed by atoms with Crippen LogP contribution in [0.4, 0.5) is 0 Å². The molecule has 0 amide bonds. The zero-order valence-electron chi connectivity index (χ0n) is 10.2. The fourth-order valence-electron chi connectivity index (χ4n) is 1.74. The number of aryl methyl sites for hydroxylation is 1. The Balaban J connectivity index is 2.40. The molecule has 2 nitrogen and oxygen atoms in total. The van der Waals surface area contributed by atoms with Crippen molar-refractivity contribution in [3.05, 3.63) is 50.7 Å². The van der Waals surface area contributed by atoms with Gasteiger partial charge in [0.1, 0.15) is 5.75 Å². The third-order valence-corrected chi connectivity index (χ3v) is 4.02. The Morgan fingerprint density at radius 1 is 1.39 bits per heavy atom. The second-order valence-corrected chi connectivity index (χ2v) is 5.13. The van der Waals surface area contributed by atoms with Gasteiger partial charge in [0.25, 0.3) is 0 Å². The van der Waals surface area contributed by atoms with Gasteiger partial charge in [0.15, 0.2) is 0 Å². The number of carbonyl (C=O) groups excluding carboxylic acids is 1. The van der Waals surface area contributed by atoms with Crippen LogP contribution < -0.4 is 4.74 Å². The summed E-state index contributed by atoms with van der Waals surface area (Å²) in [7, 11) is 1.57. The molecule has 0 spiro atoms. The van der Waals surface area contributed by atoms with Crippen LogP contribution in [0.15, 0.2) is 29.6 Å². The number of methoxy groups -OCH3 is 1. The molecule has 94 valence electrons. The monoisotopic (exact) mass is 280 g/mol. The zero-order valence-corrected chi connectivity index (χ0v) is 11.8. The van der Waals surface area contributed by atoms with Crippen LogP contribution in [-0.2, 0) is 6.42 Å². The standard InChI is InChI=1S/C14H13ClO2S/c1-3-9-6-7-18-14(9)13(16)11-5-4-10(17-2)8-12(11)15/h4-8H,3H2,1-2H3. The van der Waals surface area contributed by atoms with Crippen LogP contribution in [0.25, 0.3) is 0 Å². The van der Waals surface area contributed by atoms with E-state index >= 15 is 0 Å². The summed E-state index contributed by atoms with van der Waals surface area (Å²) in [4.78, 5) is 13.2. The maximum absolute atomic E-state index is 12.4. The number of hydrogen-bond acceptors (Lipinski definition) is 3. The first-order valence-corrected chi connectivity index (χ1v) is 6.87. The van der Waals surface area contributed by atoms with Gasteiger partial charge in [-0.15, -0.1) is 11.3 Å². The molecular formula is C14H13ClO2S. The number of carbonyl (C=O) groups is 1. The predicted molar refractivity (Wildman–Crippen MR) is 75.1 cm³/mol. The number of benzene rings is 1. The predicted octanol–water partition coefficient (Wildman–Crippen LogP) is 4.20. The van der Waals surface area contributed by atoms with Crippen molar-refractivity contribution in [1.29, 1.82) is 0 Å². The normalized spacial score (nSPS) is 10.4. The molecule has 1 heterocycles. The number of hydrogen-bond donors (Lipinski definition) is 0. The summed E-state index contributed by atoms with van der Waals surface area (Å²) in [6.07, 6.45) is 0.846. The van der Waals surface area contributed by atoms with Crippen molar-refractivity contribution in [2.75, 3.05) is 7.11 Å². The van der Waals surface area contributed by atoms with Crippen molar-refractivity contribution in [3.63, 3.8) is 0 Å². The van der Waals surface area contributed by atoms with Crippen LogP contribution in [0.2, 0.25) is 5.02 Å². The van der Waals surface area contributed by atoms with Crippen molar-refractivity contribution in [2.45, 2.75) is 13.3 Å². The molecule has 18 heavy (non-hydrogen) atoms. The molecule has 0 unspecified atom stereocenters. The minimum absolute atomic E-state index is 0.0190. The summed E-state index contributed by atoms with van der Waals surface area (Å²) in [5.41, 5.74) is 1.59. The number of halogens is 1. The van der Waals surface area contributed by atoms with Crippen molar-refractivity contribution < 1.29 is 9.53 Å². The maximum atomic E-state index is 12.4. The molecule has 0 bridgehead atoms. The molecule has 0 aliphatic heterocycles. The van der Waals surface area contributed by atoms with Crippen LogP contribution in [0.3, 0.4) is 0 Å². The van der Waals surface area contributed by atoms with Gasteiger partial charge in [0.2, 0.25) is 5.78 Å². The minimum Gasteiger partial charge on any atom is -0.497 e. The topological polar surface area (TPSA) is 26.3 Å². The molecule has 0 saturated heterocycles. The zero-order chi connectivity index (χ0) is 13.1. The molecule has 1 aromatic heterocycles. The van der Waals surface area contributed by atoms with Crippen molar-refractivity contribution >= 4 is 28.7 Å². The van der Waals surface area contributed by atoms with Crippen molar-refractivity contribution in [3.8, 4) is 5.75 Å². The molecular weight excluding hydrogens is 268 g/mol. The van der Waals surface area contributed by atoms with Gasteiger partial charge in [-0.25, -0.2) is 0 Å². The fraction of sp³-hybridized carbons (Fsp3) is 0.214. The van der Waals surface area contributed by atoms with E-state index in [0.29, 0.717) is 16.3 Å². The van der Waals surface area contributed by atoms with Gasteiger partial charge < -0.3 is 4.74 Å². The average Bonchev–Trinajstić information content (AvgIpc) is 2.86. The highest BCUT2D eigenvalue weighted by atomic mass is 35.5. The summed E-state index contributed by atoms with van der Waals surface area (Å²) < 4.78 is 5.07. The summed E-state index contributed by atoms with van der Waals surface area (Å²) in [5, 5.41) is 2.36. The minimum atomic E-state index is -0.0190. The first kappa shape index (κ1) is 13.1. The Hall–Kier alpha value is -1.32. The van der Waals surface area contributed by atoms with E-state index in [1.165, 1.54) is 11.3 Å². The number of ketones is 1. The Kier molecular flexibility index (Phi) is 4.04. The lowest BCUT2D eigenvalue weighted by Crippen LogP contribution is -2.02. The molecule has 2 rings (SSSR count). The van der Waals surface area contributed by atoms with E-state index in [0.717, 1.165) is 16.9 Å². The lowest BCUT2D eigenvalue weighted by molar-refractivity contribution is 0.104. The van der Waals surface area contributed by atoms with Crippen LogP contribution >= 0.6 is 22.9 Å². The number of rotatable bonds is 4. The van der Waals surface area contributed by atoms with Crippen molar-refractivity contribution in [1.82, 2.24) is 0 Å². The molecule has 1 aromatic carbocycles. The molecule has 0 aliphatic carbocycles. The Morgan fingerprint density at radius 3 is 2.78 bits per heavy atom. The quantitative estimate of drug-likeness (QED) is 0.785. The lowest BCUT2D eigenvalue weighted by atomic mass is 10.1. The van der Waals surface area contributed by atoms with E-state index in [-0.39, 0.29) is 5.78 Å². The molecule has 0 aliphatic rings. The van der Waals surface area contributed by atoms with E-state index in [1.807, 2.05) is 18.4 Å². The summed E-state index contributed by atoms with van der Waals surface area (Å²) in [6, 6.07) is 7.10. The van der Waals surface area contributed by atoms with Crippen LogP contribution in [0.1, 0.15) is 27.7 Å². The van der Waals surface area contributed by atoms with Gasteiger partial charge in [0, 0.05) is 5.56 Å². The van der Waals surface area contributed by atoms with Gasteiger partial charge in [-0.3, -0.25) is 4.79 Å². The molecule has 2 aromatic rings. The summed E-state index contributed by atoms with van der Waals surface area (Å²) in [5.74, 6) is 0.632. The highest BCUT2D eigenvalue weighted by Gasteiger charge is 2.17. The third-order valence-electron chi connectivity index (χ3n) is 2.75. The largest absolute Gasteiger partial charge is 0.497 e. The van der Waals surface area contributed by atoms with Crippen LogP contribution in [0, 0.1) is 0 Å². The van der Waals surface area contributed by atoms with Crippen LogP contribution in [0.5, 0.6) is 5.75 Å². The van der Waals surface area contributed by atoms with E-state index in [2.05, 4.69) is 0 Å². The van der Waals surface area contributed by atoms with E-state index in [1.54, 1.807) is 25.3 Å². The summed E-state index contributed by atoms with van der Waals surface area (Å²) >= 11 is 7.58. The second-order valence-electron chi connectivity index (χ2n) is 3.80. The molecule has 0 N–H and O–H groups in total. The number of thiophene rings is 1. The van der Waals surface area contributed by atoms with Gasteiger partial charge in [0.05, 0.1) is 17.0 Å². The number of ether oxygens (including phenoxy) is 1. The van der Waals surface area contributed by atoms with Gasteiger partial charge in [-0.2, -0.15) is 0 Å². The second kappa shape index (κ2) is 5.55.